The third-order valence-electron chi connectivity index (χ3n) is 1.85. The maximum atomic E-state index is 13.2. The van der Waals surface area contributed by atoms with Gasteiger partial charge >= 0.3 is 0 Å². The van der Waals surface area contributed by atoms with Crippen molar-refractivity contribution < 1.29 is 17.5 Å². The van der Waals surface area contributed by atoms with E-state index in [0.717, 1.165) is 6.07 Å². The van der Waals surface area contributed by atoms with E-state index in [1.54, 1.807) is 13.8 Å². The van der Waals surface area contributed by atoms with Gasteiger partial charge in [0.05, 0.1) is 11.5 Å². The summed E-state index contributed by atoms with van der Waals surface area (Å²) in [6.07, 6.45) is 0. The van der Waals surface area contributed by atoms with Crippen molar-refractivity contribution in [1.29, 1.82) is 0 Å². The maximum Gasteiger partial charge on any atom is 0.240 e. The highest BCUT2D eigenvalue weighted by Crippen LogP contribution is 2.21. The van der Waals surface area contributed by atoms with Crippen molar-refractivity contribution in [2.24, 2.45) is 0 Å². The molecule has 6 heteroatoms. The molecule has 1 N–H and O–H groups in total. The van der Waals surface area contributed by atoms with Gasteiger partial charge in [-0.25, -0.2) is 17.5 Å². The molecule has 0 saturated carbocycles. The molecule has 1 aromatic carbocycles. The lowest BCUT2D eigenvalue weighted by molar-refractivity contribution is 0.320. The lowest BCUT2D eigenvalue weighted by Crippen LogP contribution is -2.23. The van der Waals surface area contributed by atoms with E-state index < -0.39 is 15.8 Å². The fourth-order valence-electron chi connectivity index (χ4n) is 1.19. The van der Waals surface area contributed by atoms with Crippen LogP contribution in [0.25, 0.3) is 0 Å². The molecule has 0 amide bonds. The van der Waals surface area contributed by atoms with Gasteiger partial charge in [0.15, 0.2) is 11.6 Å². The van der Waals surface area contributed by atoms with Gasteiger partial charge in [0.2, 0.25) is 10.0 Å². The molecule has 0 spiro atoms. The van der Waals surface area contributed by atoms with Crippen molar-refractivity contribution in [1.82, 2.24) is 4.72 Å². The van der Waals surface area contributed by atoms with E-state index in [9.17, 15) is 12.8 Å². The average molecular weight is 247 g/mol. The molecule has 0 unspecified atom stereocenters. The molecule has 1 aromatic rings. The summed E-state index contributed by atoms with van der Waals surface area (Å²) in [4.78, 5) is -0.000741. The van der Waals surface area contributed by atoms with Gasteiger partial charge in [0.25, 0.3) is 0 Å². The summed E-state index contributed by atoms with van der Waals surface area (Å²) in [6.45, 7) is 3.93. The molecule has 90 valence electrons. The predicted molar refractivity (Wildman–Crippen MR) is 58.4 cm³/mol. The fraction of sp³-hybridized carbons (Fsp3) is 0.400. The summed E-state index contributed by atoms with van der Waals surface area (Å²) in [5, 5.41) is 0. The van der Waals surface area contributed by atoms with Crippen LogP contribution in [0.2, 0.25) is 0 Å². The van der Waals surface area contributed by atoms with Crippen molar-refractivity contribution >= 4 is 10.0 Å². The molecule has 0 aliphatic heterocycles. The number of rotatable bonds is 5. The summed E-state index contributed by atoms with van der Waals surface area (Å²) in [7, 11) is -3.56. The van der Waals surface area contributed by atoms with Crippen LogP contribution >= 0.6 is 0 Å². The molecular weight excluding hydrogens is 233 g/mol. The molecular formula is C10H14FNO3S. The number of hydrogen-bond acceptors (Lipinski definition) is 3. The van der Waals surface area contributed by atoms with E-state index in [2.05, 4.69) is 4.72 Å². The van der Waals surface area contributed by atoms with E-state index in [1.165, 1.54) is 12.1 Å². The monoisotopic (exact) mass is 247 g/mol. The Morgan fingerprint density at radius 3 is 2.62 bits per heavy atom. The summed E-state index contributed by atoms with van der Waals surface area (Å²) in [5.41, 5.74) is 0. The highest BCUT2D eigenvalue weighted by Gasteiger charge is 2.15. The Bertz CT molecular complexity index is 459. The number of hydrogen-bond donors (Lipinski definition) is 1. The Balaban J connectivity index is 3.12. The summed E-state index contributed by atoms with van der Waals surface area (Å²) < 4.78 is 43.7. The highest BCUT2D eigenvalue weighted by atomic mass is 32.2. The zero-order valence-electron chi connectivity index (χ0n) is 9.16. The second-order valence-corrected chi connectivity index (χ2v) is 4.79. The fourth-order valence-corrected chi connectivity index (χ4v) is 2.25. The summed E-state index contributed by atoms with van der Waals surface area (Å²) in [6, 6.07) is 3.46. The molecule has 0 fully saturated rings. The van der Waals surface area contributed by atoms with Crippen LogP contribution in [0.5, 0.6) is 5.75 Å². The second kappa shape index (κ2) is 5.27. The molecule has 0 aromatic heterocycles. The Hall–Kier alpha value is -1.14. The molecule has 0 saturated heterocycles. The van der Waals surface area contributed by atoms with E-state index in [0.29, 0.717) is 0 Å². The number of sulfonamides is 1. The molecule has 0 atom stereocenters. The first kappa shape index (κ1) is 12.9. The van der Waals surface area contributed by atoms with Crippen LogP contribution in [0.1, 0.15) is 13.8 Å². The van der Waals surface area contributed by atoms with Gasteiger partial charge in [-0.05, 0) is 19.1 Å². The third kappa shape index (κ3) is 2.93. The zero-order chi connectivity index (χ0) is 12.2. The minimum Gasteiger partial charge on any atom is -0.491 e. The Labute approximate surface area is 94.5 Å². The first-order valence-electron chi connectivity index (χ1n) is 4.93. The van der Waals surface area contributed by atoms with Gasteiger partial charge in [-0.3, -0.25) is 0 Å². The number of nitrogens with one attached hydrogen (secondary N) is 1. The van der Waals surface area contributed by atoms with Crippen molar-refractivity contribution in [3.8, 4) is 5.75 Å². The van der Waals surface area contributed by atoms with Crippen LogP contribution < -0.4 is 9.46 Å². The minimum absolute atomic E-state index is 0.000741. The first-order chi connectivity index (χ1) is 7.51. The smallest absolute Gasteiger partial charge is 0.240 e. The van der Waals surface area contributed by atoms with Gasteiger partial charge in [-0.1, -0.05) is 6.92 Å². The maximum absolute atomic E-state index is 13.2. The zero-order valence-corrected chi connectivity index (χ0v) is 9.97. The van der Waals surface area contributed by atoms with Crippen molar-refractivity contribution in [2.75, 3.05) is 13.2 Å². The lowest BCUT2D eigenvalue weighted by Gasteiger charge is -2.08. The average Bonchev–Trinajstić information content (AvgIpc) is 2.21. The predicted octanol–water partition coefficient (Wildman–Crippen LogP) is 1.52. The highest BCUT2D eigenvalue weighted by molar-refractivity contribution is 7.89. The largest absolute Gasteiger partial charge is 0.491 e. The normalized spacial score (nSPS) is 11.4. The standard InChI is InChI=1S/C10H14FNO3S/c1-3-12-16(13,14)8-5-6-9(11)10(7-8)15-4-2/h5-7,12H,3-4H2,1-2H3. The van der Waals surface area contributed by atoms with Gasteiger partial charge in [-0.2, -0.15) is 0 Å². The van der Waals surface area contributed by atoms with Crippen molar-refractivity contribution in [2.45, 2.75) is 18.7 Å². The third-order valence-corrected chi connectivity index (χ3v) is 3.39. The van der Waals surface area contributed by atoms with Crippen LogP contribution in [-0.2, 0) is 10.0 Å². The number of halogens is 1. The molecule has 0 radical (unpaired) electrons. The van der Waals surface area contributed by atoms with Crippen LogP contribution in [0.4, 0.5) is 4.39 Å². The van der Waals surface area contributed by atoms with Crippen LogP contribution in [-0.4, -0.2) is 21.6 Å². The van der Waals surface area contributed by atoms with Crippen LogP contribution in [0, 0.1) is 5.82 Å². The minimum atomic E-state index is -3.56. The first-order valence-corrected chi connectivity index (χ1v) is 6.41. The van der Waals surface area contributed by atoms with Crippen LogP contribution in [0.3, 0.4) is 0 Å². The van der Waals surface area contributed by atoms with E-state index >= 15 is 0 Å². The van der Waals surface area contributed by atoms with Gasteiger partial charge in [-0.15, -0.1) is 0 Å². The molecule has 0 heterocycles. The number of benzene rings is 1. The summed E-state index contributed by atoms with van der Waals surface area (Å²) >= 11 is 0. The van der Waals surface area contributed by atoms with E-state index in [-0.39, 0.29) is 23.8 Å². The molecule has 0 aliphatic carbocycles. The lowest BCUT2D eigenvalue weighted by atomic mass is 10.3. The van der Waals surface area contributed by atoms with E-state index in [1.807, 2.05) is 0 Å². The Morgan fingerprint density at radius 2 is 2.06 bits per heavy atom. The second-order valence-electron chi connectivity index (χ2n) is 3.03. The molecule has 1 rings (SSSR count). The van der Waals surface area contributed by atoms with Crippen LogP contribution in [0.15, 0.2) is 23.1 Å². The molecule has 4 nitrogen and oxygen atoms in total. The molecule has 0 aliphatic rings. The van der Waals surface area contributed by atoms with Gasteiger partial charge < -0.3 is 4.74 Å². The van der Waals surface area contributed by atoms with Crippen molar-refractivity contribution in [3.63, 3.8) is 0 Å². The van der Waals surface area contributed by atoms with E-state index in [4.69, 9.17) is 4.74 Å². The van der Waals surface area contributed by atoms with Gasteiger partial charge in [0, 0.05) is 12.6 Å². The Morgan fingerprint density at radius 1 is 1.38 bits per heavy atom. The quantitative estimate of drug-likeness (QED) is 0.858. The number of ether oxygens (including phenoxy) is 1. The van der Waals surface area contributed by atoms with Gasteiger partial charge in [0.1, 0.15) is 0 Å². The molecule has 16 heavy (non-hydrogen) atoms. The summed E-state index contributed by atoms with van der Waals surface area (Å²) in [5.74, 6) is -0.626. The Kier molecular flexibility index (Phi) is 4.26. The SMILES string of the molecule is CCNS(=O)(=O)c1ccc(F)c(OCC)c1. The molecule has 0 bridgehead atoms. The topological polar surface area (TPSA) is 55.4 Å². The van der Waals surface area contributed by atoms with Crippen molar-refractivity contribution in [3.05, 3.63) is 24.0 Å².